The van der Waals surface area contributed by atoms with Gasteiger partial charge in [0.25, 0.3) is 0 Å². The van der Waals surface area contributed by atoms with Crippen molar-refractivity contribution in [3.05, 3.63) is 51.9 Å². The highest BCUT2D eigenvalue weighted by Gasteiger charge is 2.05. The van der Waals surface area contributed by atoms with Gasteiger partial charge in [-0.2, -0.15) is 0 Å². The number of hydrogen-bond donors (Lipinski definition) is 1. The van der Waals surface area contributed by atoms with Gasteiger partial charge in [-0.1, -0.05) is 35.4 Å². The van der Waals surface area contributed by atoms with Gasteiger partial charge in [-0.3, -0.25) is 0 Å². The van der Waals surface area contributed by atoms with Crippen molar-refractivity contribution in [2.45, 2.75) is 0 Å². The highest BCUT2D eigenvalue weighted by Crippen LogP contribution is 2.07. The summed E-state index contributed by atoms with van der Waals surface area (Å²) in [4.78, 5) is 13.3. The molecule has 0 fully saturated rings. The number of aliphatic carboxylic acids is 1. The molecule has 1 aromatic carbocycles. The Morgan fingerprint density at radius 2 is 2.13 bits per heavy atom. The zero-order valence-electron chi connectivity index (χ0n) is 7.87. The molecule has 0 heterocycles. The average Bonchev–Trinajstić information content (AvgIpc) is 2.25. The van der Waals surface area contributed by atoms with Crippen molar-refractivity contribution in [1.82, 2.24) is 0 Å². The molecule has 0 aliphatic rings. The van der Waals surface area contributed by atoms with Crippen molar-refractivity contribution in [3.8, 4) is 0 Å². The van der Waals surface area contributed by atoms with Gasteiger partial charge >= 0.3 is 5.97 Å². The first-order valence-electron chi connectivity index (χ1n) is 4.24. The van der Waals surface area contributed by atoms with Gasteiger partial charge in [0.05, 0.1) is 6.54 Å². The molecule has 0 aliphatic heterocycles. The minimum Gasteiger partial charge on any atom is -0.478 e. The third kappa shape index (κ3) is 3.54. The fraction of sp³-hybridized carbons (Fsp3) is 0.100. The van der Waals surface area contributed by atoms with Crippen LogP contribution < -0.4 is 0 Å². The third-order valence-corrected chi connectivity index (χ3v) is 1.72. The maximum Gasteiger partial charge on any atom is 0.331 e. The predicted molar refractivity (Wildman–Crippen MR) is 56.1 cm³/mol. The summed E-state index contributed by atoms with van der Waals surface area (Å²) < 4.78 is 0. The summed E-state index contributed by atoms with van der Waals surface area (Å²) in [6, 6.07) is 9.00. The van der Waals surface area contributed by atoms with Gasteiger partial charge in [0.1, 0.15) is 0 Å². The number of hydrogen-bond acceptors (Lipinski definition) is 2. The summed E-state index contributed by atoms with van der Waals surface area (Å²) in [6.07, 6.45) is 1.48. The van der Waals surface area contributed by atoms with E-state index in [1.54, 1.807) is 24.3 Å². The lowest BCUT2D eigenvalue weighted by atomic mass is 10.1. The lowest BCUT2D eigenvalue weighted by molar-refractivity contribution is -0.132. The van der Waals surface area contributed by atoms with Crippen molar-refractivity contribution < 1.29 is 9.90 Å². The maximum absolute atomic E-state index is 10.8. The van der Waals surface area contributed by atoms with Crippen molar-refractivity contribution in [1.29, 1.82) is 0 Å². The lowest BCUT2D eigenvalue weighted by Gasteiger charge is -1.97. The molecular formula is C10H9N3O2. The number of nitrogens with zero attached hydrogens (tertiary/aromatic N) is 3. The highest BCUT2D eigenvalue weighted by atomic mass is 16.4. The molecule has 5 nitrogen and oxygen atoms in total. The Hall–Kier alpha value is -2.26. The first kappa shape index (κ1) is 10.8. The van der Waals surface area contributed by atoms with Gasteiger partial charge in [0, 0.05) is 10.5 Å². The summed E-state index contributed by atoms with van der Waals surface area (Å²) in [7, 11) is 0. The van der Waals surface area contributed by atoms with Crippen LogP contribution in [0.2, 0.25) is 0 Å². The smallest absolute Gasteiger partial charge is 0.331 e. The fourth-order valence-corrected chi connectivity index (χ4v) is 1.03. The standard InChI is InChI=1S/C10H9N3O2/c11-13-12-7-9(10(14)15)6-8-4-2-1-3-5-8/h1-6H,7H2,(H,14,15)/b9-6-. The predicted octanol–water partition coefficient (Wildman–Crippen LogP) is 2.46. The monoisotopic (exact) mass is 203 g/mol. The molecule has 5 heteroatoms. The molecule has 15 heavy (non-hydrogen) atoms. The average molecular weight is 203 g/mol. The van der Waals surface area contributed by atoms with E-state index in [1.165, 1.54) is 6.08 Å². The molecule has 1 aromatic rings. The molecule has 0 atom stereocenters. The molecule has 0 aliphatic carbocycles. The van der Waals surface area contributed by atoms with Crippen molar-refractivity contribution in [3.63, 3.8) is 0 Å². The van der Waals surface area contributed by atoms with Gasteiger partial charge in [0.15, 0.2) is 0 Å². The minimum atomic E-state index is -1.08. The Morgan fingerprint density at radius 1 is 1.47 bits per heavy atom. The van der Waals surface area contributed by atoms with Crippen LogP contribution in [0.4, 0.5) is 0 Å². The molecule has 0 radical (unpaired) electrons. The van der Waals surface area contributed by atoms with Crippen molar-refractivity contribution in [2.24, 2.45) is 5.11 Å². The van der Waals surface area contributed by atoms with Crippen LogP contribution in [-0.2, 0) is 4.79 Å². The SMILES string of the molecule is [N-]=[N+]=NC/C(=C/c1ccccc1)C(=O)O. The molecule has 0 amide bonds. The molecule has 0 spiro atoms. The Balaban J connectivity index is 2.93. The Labute approximate surface area is 86.3 Å². The van der Waals surface area contributed by atoms with Gasteiger partial charge in [-0.25, -0.2) is 4.79 Å². The van der Waals surface area contributed by atoms with Crippen LogP contribution in [0.15, 0.2) is 41.0 Å². The number of carboxylic acid groups (broad SMARTS) is 1. The topological polar surface area (TPSA) is 86.1 Å². The number of azide groups is 1. The molecule has 0 bridgehead atoms. The highest BCUT2D eigenvalue weighted by molar-refractivity contribution is 5.92. The number of carbonyl (C=O) groups is 1. The summed E-state index contributed by atoms with van der Waals surface area (Å²) in [5, 5.41) is 12.0. The first-order valence-corrected chi connectivity index (χ1v) is 4.24. The van der Waals surface area contributed by atoms with Crippen molar-refractivity contribution >= 4 is 12.0 Å². The van der Waals surface area contributed by atoms with E-state index in [-0.39, 0.29) is 12.1 Å². The van der Waals surface area contributed by atoms with E-state index in [1.807, 2.05) is 6.07 Å². The van der Waals surface area contributed by atoms with Gasteiger partial charge < -0.3 is 5.11 Å². The first-order chi connectivity index (χ1) is 7.24. The quantitative estimate of drug-likeness (QED) is 0.352. The molecule has 76 valence electrons. The normalized spacial score (nSPS) is 10.5. The maximum atomic E-state index is 10.8. The van der Waals surface area contributed by atoms with Crippen LogP contribution in [0.1, 0.15) is 5.56 Å². The van der Waals surface area contributed by atoms with Crippen LogP contribution in [0.3, 0.4) is 0 Å². The van der Waals surface area contributed by atoms with Crippen LogP contribution in [0, 0.1) is 0 Å². The third-order valence-electron chi connectivity index (χ3n) is 1.72. The van der Waals surface area contributed by atoms with E-state index in [4.69, 9.17) is 10.6 Å². The fourth-order valence-electron chi connectivity index (χ4n) is 1.03. The molecular weight excluding hydrogens is 194 g/mol. The van der Waals surface area contributed by atoms with E-state index in [9.17, 15) is 4.79 Å². The van der Waals surface area contributed by atoms with E-state index < -0.39 is 5.97 Å². The molecule has 0 saturated heterocycles. The van der Waals surface area contributed by atoms with E-state index >= 15 is 0 Å². The number of carboxylic acids is 1. The zero-order valence-corrected chi connectivity index (χ0v) is 7.87. The summed E-state index contributed by atoms with van der Waals surface area (Å²) in [6.45, 7) is -0.152. The zero-order chi connectivity index (χ0) is 11.1. The van der Waals surface area contributed by atoms with Gasteiger partial charge in [-0.05, 0) is 17.2 Å². The number of benzene rings is 1. The summed E-state index contributed by atoms with van der Waals surface area (Å²) >= 11 is 0. The molecule has 0 saturated carbocycles. The lowest BCUT2D eigenvalue weighted by Crippen LogP contribution is -2.03. The number of rotatable bonds is 4. The minimum absolute atomic E-state index is 0.0685. The largest absolute Gasteiger partial charge is 0.478 e. The summed E-state index contributed by atoms with van der Waals surface area (Å²) in [5.74, 6) is -1.08. The Bertz CT molecular complexity index is 420. The van der Waals surface area contributed by atoms with Gasteiger partial charge in [0.2, 0.25) is 0 Å². The van der Waals surface area contributed by atoms with Crippen LogP contribution in [-0.4, -0.2) is 17.6 Å². The van der Waals surface area contributed by atoms with E-state index in [2.05, 4.69) is 10.0 Å². The second kappa shape index (κ2) is 5.47. The van der Waals surface area contributed by atoms with E-state index in [0.717, 1.165) is 5.56 Å². The van der Waals surface area contributed by atoms with E-state index in [0.29, 0.717) is 0 Å². The van der Waals surface area contributed by atoms with Crippen LogP contribution in [0.5, 0.6) is 0 Å². The Kier molecular flexibility index (Phi) is 3.94. The molecule has 0 aromatic heterocycles. The van der Waals surface area contributed by atoms with Crippen molar-refractivity contribution in [2.75, 3.05) is 6.54 Å². The summed E-state index contributed by atoms with van der Waals surface area (Å²) in [5.41, 5.74) is 8.94. The molecule has 1 N–H and O–H groups in total. The van der Waals surface area contributed by atoms with Crippen LogP contribution in [0.25, 0.3) is 16.5 Å². The second-order valence-electron chi connectivity index (χ2n) is 2.77. The van der Waals surface area contributed by atoms with Gasteiger partial charge in [-0.15, -0.1) is 0 Å². The molecule has 0 unspecified atom stereocenters. The van der Waals surface area contributed by atoms with Crippen LogP contribution >= 0.6 is 0 Å². The molecule has 1 rings (SSSR count). The Morgan fingerprint density at radius 3 is 2.67 bits per heavy atom. The second-order valence-corrected chi connectivity index (χ2v) is 2.77.